The van der Waals surface area contributed by atoms with E-state index in [1.54, 1.807) is 4.90 Å². The molecule has 2 heterocycles. The summed E-state index contributed by atoms with van der Waals surface area (Å²) in [6.45, 7) is 0.288. The third-order valence-electron chi connectivity index (χ3n) is 4.75. The second-order valence-electron chi connectivity index (χ2n) is 6.02. The fraction of sp³-hybridized carbons (Fsp3) is 0.714. The molecule has 7 heteroatoms. The number of likely N-dealkylation sites (tertiary alicyclic amines) is 1. The number of halogens is 1. The average molecular weight is 469 g/mol. The third kappa shape index (κ3) is 3.02. The quantitative estimate of drug-likeness (QED) is 0.469. The number of nitrogens with zero attached hydrogens (tertiary/aromatic N) is 1. The van der Waals surface area contributed by atoms with Crippen molar-refractivity contribution in [3.05, 3.63) is 11.8 Å². The van der Waals surface area contributed by atoms with Crippen molar-refractivity contribution in [2.45, 2.75) is 50.3 Å². The van der Waals surface area contributed by atoms with E-state index < -0.39 is 12.1 Å². The SMILES string of the molecule is O=C([Se]I)[C@@H]1CC(O)CN1C(=O)C1=CNC2CCCCC12. The zero-order chi connectivity index (χ0) is 15.0. The summed E-state index contributed by atoms with van der Waals surface area (Å²) in [5.41, 5.74) is 0.813. The van der Waals surface area contributed by atoms with Crippen molar-refractivity contribution in [3.63, 3.8) is 0 Å². The predicted molar refractivity (Wildman–Crippen MR) is 87.9 cm³/mol. The van der Waals surface area contributed by atoms with Crippen molar-refractivity contribution in [1.82, 2.24) is 10.2 Å². The number of carbonyl (C=O) groups excluding carboxylic acids is 2. The topological polar surface area (TPSA) is 69.6 Å². The number of aliphatic hydroxyl groups excluding tert-OH is 1. The molecule has 1 amide bonds. The number of hydrogen-bond donors (Lipinski definition) is 2. The number of carbonyl (C=O) groups is 2. The van der Waals surface area contributed by atoms with Gasteiger partial charge in [0, 0.05) is 0 Å². The molecular weight excluding hydrogens is 450 g/mol. The summed E-state index contributed by atoms with van der Waals surface area (Å²) >= 11 is 1.92. The molecule has 3 unspecified atom stereocenters. The van der Waals surface area contributed by atoms with Crippen LogP contribution in [0.15, 0.2) is 11.8 Å². The molecule has 0 bridgehead atoms. The van der Waals surface area contributed by atoms with Gasteiger partial charge in [-0.2, -0.15) is 0 Å². The van der Waals surface area contributed by atoms with Crippen molar-refractivity contribution in [2.24, 2.45) is 5.92 Å². The van der Waals surface area contributed by atoms with Gasteiger partial charge in [-0.05, 0) is 0 Å². The molecule has 0 aromatic heterocycles. The molecule has 0 aromatic carbocycles. The van der Waals surface area contributed by atoms with Gasteiger partial charge in [-0.3, -0.25) is 0 Å². The van der Waals surface area contributed by atoms with Crippen LogP contribution in [0.4, 0.5) is 0 Å². The maximum atomic E-state index is 12.8. The van der Waals surface area contributed by atoms with Crippen LogP contribution in [0.5, 0.6) is 0 Å². The second-order valence-corrected chi connectivity index (χ2v) is 9.48. The maximum absolute atomic E-state index is 12.8. The summed E-state index contributed by atoms with van der Waals surface area (Å²) < 4.78 is 0.0970. The van der Waals surface area contributed by atoms with Crippen LogP contribution in [-0.4, -0.2) is 57.0 Å². The van der Waals surface area contributed by atoms with Crippen molar-refractivity contribution in [1.29, 1.82) is 0 Å². The Morgan fingerprint density at radius 1 is 1.38 bits per heavy atom. The molecule has 2 aliphatic heterocycles. The number of aliphatic hydroxyl groups is 1. The molecule has 0 radical (unpaired) electrons. The van der Waals surface area contributed by atoms with Gasteiger partial charge in [0.1, 0.15) is 0 Å². The Kier molecular flexibility index (Phi) is 4.93. The number of β-amino-alcohol motifs (C(OH)–C–C–N with tert-alkyl or cyclic N) is 1. The fourth-order valence-corrected chi connectivity index (χ4v) is 5.92. The molecule has 0 aromatic rings. The molecule has 5 nitrogen and oxygen atoms in total. The zero-order valence-corrected chi connectivity index (χ0v) is 15.5. The molecular formula is C14H19IN2O3Se. The van der Waals surface area contributed by atoms with Crippen molar-refractivity contribution in [3.8, 4) is 0 Å². The van der Waals surface area contributed by atoms with Gasteiger partial charge < -0.3 is 0 Å². The average Bonchev–Trinajstić information content (AvgIpc) is 3.09. The Hall–Kier alpha value is -0.111. The summed E-state index contributed by atoms with van der Waals surface area (Å²) in [5.74, 6) is 0.234. The number of hydrogen-bond acceptors (Lipinski definition) is 4. The minimum atomic E-state index is -0.571. The van der Waals surface area contributed by atoms with Gasteiger partial charge in [-0.25, -0.2) is 0 Å². The van der Waals surface area contributed by atoms with Crippen molar-refractivity contribution in [2.75, 3.05) is 6.54 Å². The first-order chi connectivity index (χ1) is 10.1. The van der Waals surface area contributed by atoms with E-state index in [-0.39, 0.29) is 34.8 Å². The normalized spacial score (nSPS) is 35.1. The van der Waals surface area contributed by atoms with Crippen LogP contribution in [0.3, 0.4) is 0 Å². The Balaban J connectivity index is 1.76. The first-order valence-corrected chi connectivity index (χ1v) is 13.5. The summed E-state index contributed by atoms with van der Waals surface area (Å²) in [6.07, 6.45) is 6.20. The van der Waals surface area contributed by atoms with Crippen LogP contribution in [0, 0.1) is 5.92 Å². The molecule has 2 fully saturated rings. The summed E-state index contributed by atoms with van der Waals surface area (Å²) in [6, 6.07) is -0.0406. The fourth-order valence-electron chi connectivity index (χ4n) is 3.71. The molecule has 4 atom stereocenters. The van der Waals surface area contributed by atoms with E-state index in [9.17, 15) is 14.7 Å². The standard InChI is InChI=1S/C14H19IN2O3Se/c15-21-14(20)12-5-8(18)7-17(12)13(19)10-6-16-11-4-2-1-3-9(10)11/h6,8-9,11-12,16,18H,1-5,7H2/t8?,9?,11?,12-/m0/s1. The molecule has 3 rings (SSSR count). The van der Waals surface area contributed by atoms with Crippen molar-refractivity contribution < 1.29 is 14.7 Å². The molecule has 1 aliphatic carbocycles. The Morgan fingerprint density at radius 2 is 2.14 bits per heavy atom. The third-order valence-corrected chi connectivity index (χ3v) is 7.90. The van der Waals surface area contributed by atoms with Gasteiger partial charge in [0.05, 0.1) is 0 Å². The first-order valence-electron chi connectivity index (χ1n) is 7.39. The summed E-state index contributed by atoms with van der Waals surface area (Å²) in [5, 5.41) is 13.2. The van der Waals surface area contributed by atoms with E-state index in [0.717, 1.165) is 24.8 Å². The van der Waals surface area contributed by atoms with Gasteiger partial charge in [0.25, 0.3) is 0 Å². The van der Waals surface area contributed by atoms with Gasteiger partial charge in [-0.1, -0.05) is 0 Å². The van der Waals surface area contributed by atoms with Gasteiger partial charge in [0.15, 0.2) is 0 Å². The Labute approximate surface area is 141 Å². The summed E-state index contributed by atoms with van der Waals surface area (Å²) in [4.78, 5) is 26.5. The minimum absolute atomic E-state index is 0.0487. The zero-order valence-electron chi connectivity index (χ0n) is 11.6. The van der Waals surface area contributed by atoms with E-state index in [1.165, 1.54) is 6.42 Å². The Bertz CT molecular complexity index is 485. The number of rotatable bonds is 3. The van der Waals surface area contributed by atoms with Crippen LogP contribution in [0.25, 0.3) is 0 Å². The Morgan fingerprint density at radius 3 is 2.90 bits per heavy atom. The van der Waals surface area contributed by atoms with Crippen LogP contribution >= 0.6 is 20.3 Å². The first kappa shape index (κ1) is 15.8. The van der Waals surface area contributed by atoms with E-state index in [2.05, 4.69) is 25.7 Å². The molecule has 3 aliphatic rings. The summed E-state index contributed by atoms with van der Waals surface area (Å²) in [7, 11) is 0. The molecule has 2 N–H and O–H groups in total. The number of amides is 1. The van der Waals surface area contributed by atoms with Crippen molar-refractivity contribution >= 4 is 42.6 Å². The molecule has 21 heavy (non-hydrogen) atoms. The van der Waals surface area contributed by atoms with Crippen LogP contribution < -0.4 is 5.32 Å². The number of fused-ring (bicyclic) bond motifs is 1. The molecule has 116 valence electrons. The van der Waals surface area contributed by atoms with E-state index in [1.807, 2.05) is 6.20 Å². The molecule has 1 saturated carbocycles. The van der Waals surface area contributed by atoms with Gasteiger partial charge >= 0.3 is 142 Å². The van der Waals surface area contributed by atoms with Crippen LogP contribution in [-0.2, 0) is 9.59 Å². The van der Waals surface area contributed by atoms with Crippen LogP contribution in [0.2, 0.25) is 0 Å². The molecule has 0 spiro atoms. The molecule has 1 saturated heterocycles. The van der Waals surface area contributed by atoms with E-state index in [0.29, 0.717) is 12.5 Å². The van der Waals surface area contributed by atoms with E-state index in [4.69, 9.17) is 0 Å². The van der Waals surface area contributed by atoms with E-state index >= 15 is 0 Å². The second kappa shape index (κ2) is 6.56. The monoisotopic (exact) mass is 470 g/mol. The van der Waals surface area contributed by atoms with Gasteiger partial charge in [0.2, 0.25) is 0 Å². The van der Waals surface area contributed by atoms with Gasteiger partial charge in [-0.15, -0.1) is 0 Å². The number of nitrogens with one attached hydrogen (secondary N) is 1. The van der Waals surface area contributed by atoms with Crippen LogP contribution in [0.1, 0.15) is 32.1 Å². The predicted octanol–water partition coefficient (Wildman–Crippen LogP) is 0.575.